The second-order valence-electron chi connectivity index (χ2n) is 4.84. The molecule has 0 aromatic carbocycles. The summed E-state index contributed by atoms with van der Waals surface area (Å²) in [4.78, 5) is 25.3. The molecule has 104 valence electrons. The molecule has 1 aromatic heterocycles. The zero-order valence-corrected chi connectivity index (χ0v) is 11.1. The van der Waals surface area contributed by atoms with Gasteiger partial charge in [-0.1, -0.05) is 12.8 Å². The largest absolute Gasteiger partial charge is 0.467 e. The Kier molecular flexibility index (Phi) is 5.01. The molecule has 5 nitrogen and oxygen atoms in total. The lowest BCUT2D eigenvalue weighted by atomic mass is 10.1. The maximum atomic E-state index is 11.9. The highest BCUT2D eigenvalue weighted by atomic mass is 16.3. The van der Waals surface area contributed by atoms with Crippen LogP contribution in [0.1, 0.15) is 37.9 Å². The summed E-state index contributed by atoms with van der Waals surface area (Å²) >= 11 is 0. The second-order valence-corrected chi connectivity index (χ2v) is 4.84. The van der Waals surface area contributed by atoms with Gasteiger partial charge in [-0.3, -0.25) is 9.59 Å². The minimum absolute atomic E-state index is 0.0906. The Balaban J connectivity index is 1.77. The molecule has 0 spiro atoms. The first kappa shape index (κ1) is 13.6. The number of carbonyl (C=O) groups is 2. The lowest BCUT2D eigenvalue weighted by molar-refractivity contribution is -0.136. The summed E-state index contributed by atoms with van der Waals surface area (Å²) in [5.74, 6) is 0.672. The van der Waals surface area contributed by atoms with Crippen molar-refractivity contribution >= 4 is 11.8 Å². The van der Waals surface area contributed by atoms with Crippen molar-refractivity contribution in [2.45, 2.75) is 38.6 Å². The van der Waals surface area contributed by atoms with Gasteiger partial charge in [-0.05, 0) is 25.0 Å². The fourth-order valence-electron chi connectivity index (χ4n) is 2.21. The number of furan rings is 1. The molecular formula is C14H20N2O3. The number of nitrogens with zero attached hydrogens (tertiary/aromatic N) is 1. The lowest BCUT2D eigenvalue weighted by Gasteiger charge is -2.24. The molecule has 1 aromatic rings. The monoisotopic (exact) mass is 264 g/mol. The molecule has 1 saturated heterocycles. The van der Waals surface area contributed by atoms with Crippen LogP contribution >= 0.6 is 0 Å². The number of rotatable bonds is 4. The lowest BCUT2D eigenvalue weighted by Crippen LogP contribution is -2.41. The van der Waals surface area contributed by atoms with Crippen molar-refractivity contribution < 1.29 is 14.0 Å². The third-order valence-electron chi connectivity index (χ3n) is 3.30. The summed E-state index contributed by atoms with van der Waals surface area (Å²) < 4.78 is 5.14. The van der Waals surface area contributed by atoms with E-state index in [0.29, 0.717) is 25.3 Å². The normalized spacial score (nSPS) is 16.8. The summed E-state index contributed by atoms with van der Waals surface area (Å²) in [6.45, 7) is 1.21. The number of nitrogens with one attached hydrogen (secondary N) is 1. The van der Waals surface area contributed by atoms with E-state index in [1.165, 1.54) is 0 Å². The molecule has 19 heavy (non-hydrogen) atoms. The number of amides is 2. The minimum atomic E-state index is -0.134. The van der Waals surface area contributed by atoms with Gasteiger partial charge >= 0.3 is 0 Å². The van der Waals surface area contributed by atoms with Gasteiger partial charge in [0, 0.05) is 13.0 Å². The van der Waals surface area contributed by atoms with Gasteiger partial charge < -0.3 is 14.6 Å². The van der Waals surface area contributed by atoms with Crippen LogP contribution in [0.5, 0.6) is 0 Å². The maximum Gasteiger partial charge on any atom is 0.240 e. The van der Waals surface area contributed by atoms with Crippen LogP contribution in [-0.4, -0.2) is 29.8 Å². The van der Waals surface area contributed by atoms with Crippen LogP contribution in [0, 0.1) is 0 Å². The first-order valence-corrected chi connectivity index (χ1v) is 6.82. The van der Waals surface area contributed by atoms with Gasteiger partial charge in [0.05, 0.1) is 19.4 Å². The Labute approximate surface area is 113 Å². The van der Waals surface area contributed by atoms with Crippen molar-refractivity contribution in [3.8, 4) is 0 Å². The summed E-state index contributed by atoms with van der Waals surface area (Å²) in [5.41, 5.74) is 0. The molecule has 1 N–H and O–H groups in total. The summed E-state index contributed by atoms with van der Waals surface area (Å²) in [6.07, 6.45) is 6.30. The molecule has 0 unspecified atom stereocenters. The van der Waals surface area contributed by atoms with Crippen molar-refractivity contribution in [3.05, 3.63) is 24.2 Å². The Hall–Kier alpha value is -1.78. The van der Waals surface area contributed by atoms with Crippen LogP contribution in [0.2, 0.25) is 0 Å². The minimum Gasteiger partial charge on any atom is -0.467 e. The predicted molar refractivity (Wildman–Crippen MR) is 70.2 cm³/mol. The van der Waals surface area contributed by atoms with Gasteiger partial charge in [0.15, 0.2) is 0 Å². The molecule has 0 atom stereocenters. The van der Waals surface area contributed by atoms with Gasteiger partial charge in [0.25, 0.3) is 0 Å². The van der Waals surface area contributed by atoms with E-state index in [1.807, 2.05) is 6.07 Å². The Morgan fingerprint density at radius 2 is 2.16 bits per heavy atom. The van der Waals surface area contributed by atoms with Gasteiger partial charge in [-0.25, -0.2) is 0 Å². The van der Waals surface area contributed by atoms with Crippen LogP contribution in [-0.2, 0) is 16.1 Å². The van der Waals surface area contributed by atoms with Crippen LogP contribution in [0.25, 0.3) is 0 Å². The highest BCUT2D eigenvalue weighted by molar-refractivity contribution is 5.84. The molecule has 1 aliphatic heterocycles. The average molecular weight is 264 g/mol. The molecule has 0 saturated carbocycles. The molecule has 5 heteroatoms. The van der Waals surface area contributed by atoms with Gasteiger partial charge in [0.2, 0.25) is 11.8 Å². The van der Waals surface area contributed by atoms with E-state index in [-0.39, 0.29) is 18.4 Å². The van der Waals surface area contributed by atoms with Crippen molar-refractivity contribution in [2.75, 3.05) is 13.1 Å². The topological polar surface area (TPSA) is 62.6 Å². The first-order chi connectivity index (χ1) is 9.25. The van der Waals surface area contributed by atoms with E-state index in [0.717, 1.165) is 25.7 Å². The molecule has 0 aliphatic carbocycles. The van der Waals surface area contributed by atoms with E-state index in [2.05, 4.69) is 5.32 Å². The zero-order valence-electron chi connectivity index (χ0n) is 11.1. The highest BCUT2D eigenvalue weighted by Gasteiger charge is 2.18. The summed E-state index contributed by atoms with van der Waals surface area (Å²) in [5, 5.41) is 2.76. The quantitative estimate of drug-likeness (QED) is 0.900. The Morgan fingerprint density at radius 3 is 2.95 bits per heavy atom. The van der Waals surface area contributed by atoms with Crippen molar-refractivity contribution in [1.82, 2.24) is 10.2 Å². The van der Waals surface area contributed by atoms with E-state index in [1.54, 1.807) is 17.2 Å². The van der Waals surface area contributed by atoms with E-state index < -0.39 is 0 Å². The smallest absolute Gasteiger partial charge is 0.240 e. The van der Waals surface area contributed by atoms with E-state index >= 15 is 0 Å². The Morgan fingerprint density at radius 1 is 1.32 bits per heavy atom. The molecule has 2 heterocycles. The number of likely N-dealkylation sites (tertiary alicyclic amines) is 1. The third kappa shape index (κ3) is 4.43. The van der Waals surface area contributed by atoms with Gasteiger partial charge in [-0.15, -0.1) is 0 Å². The SMILES string of the molecule is O=C(CN1CCCCCCC1=O)NCc1ccco1. The molecule has 1 aliphatic rings. The molecule has 0 radical (unpaired) electrons. The van der Waals surface area contributed by atoms with Crippen LogP contribution in [0.4, 0.5) is 0 Å². The second kappa shape index (κ2) is 6.97. The fraction of sp³-hybridized carbons (Fsp3) is 0.571. The zero-order chi connectivity index (χ0) is 13.5. The number of carbonyl (C=O) groups excluding carboxylic acids is 2. The number of hydrogen-bond donors (Lipinski definition) is 1. The maximum absolute atomic E-state index is 11.9. The van der Waals surface area contributed by atoms with Crippen molar-refractivity contribution in [2.24, 2.45) is 0 Å². The molecular weight excluding hydrogens is 244 g/mol. The van der Waals surface area contributed by atoms with Gasteiger partial charge in [0.1, 0.15) is 5.76 Å². The fourth-order valence-corrected chi connectivity index (χ4v) is 2.21. The van der Waals surface area contributed by atoms with E-state index in [4.69, 9.17) is 4.42 Å². The first-order valence-electron chi connectivity index (χ1n) is 6.82. The molecule has 0 bridgehead atoms. The van der Waals surface area contributed by atoms with Crippen LogP contribution < -0.4 is 5.32 Å². The average Bonchev–Trinajstić information content (AvgIpc) is 2.89. The van der Waals surface area contributed by atoms with Gasteiger partial charge in [-0.2, -0.15) is 0 Å². The molecule has 2 amide bonds. The number of hydrogen-bond acceptors (Lipinski definition) is 3. The highest BCUT2D eigenvalue weighted by Crippen LogP contribution is 2.11. The third-order valence-corrected chi connectivity index (χ3v) is 3.30. The van der Waals surface area contributed by atoms with Crippen LogP contribution in [0.3, 0.4) is 0 Å². The van der Waals surface area contributed by atoms with Crippen LogP contribution in [0.15, 0.2) is 22.8 Å². The summed E-state index contributed by atoms with van der Waals surface area (Å²) in [6, 6.07) is 3.59. The molecule has 2 rings (SSSR count). The van der Waals surface area contributed by atoms with Crippen molar-refractivity contribution in [3.63, 3.8) is 0 Å². The predicted octanol–water partition coefficient (Wildman–Crippen LogP) is 1.69. The standard InChI is InChI=1S/C14H20N2O3/c17-13(15-10-12-6-5-9-19-12)11-16-8-4-2-1-3-7-14(16)18/h5-6,9H,1-4,7-8,10-11H2,(H,15,17). The summed E-state index contributed by atoms with van der Waals surface area (Å²) in [7, 11) is 0. The molecule has 1 fully saturated rings. The van der Waals surface area contributed by atoms with Crippen molar-refractivity contribution in [1.29, 1.82) is 0 Å². The van der Waals surface area contributed by atoms with E-state index in [9.17, 15) is 9.59 Å². The Bertz CT molecular complexity index is 414.